The Balaban J connectivity index is 2.11. The molecule has 0 spiro atoms. The number of pyridine rings is 1. The predicted octanol–water partition coefficient (Wildman–Crippen LogP) is 5.79. The fraction of sp³-hybridized carbons (Fsp3) is 0.0556. The van der Waals surface area contributed by atoms with Gasteiger partial charge in [-0.1, -0.05) is 62.2 Å². The van der Waals surface area contributed by atoms with Crippen LogP contribution in [-0.2, 0) is 0 Å². The van der Waals surface area contributed by atoms with E-state index >= 15 is 0 Å². The van der Waals surface area contributed by atoms with Crippen LogP contribution in [0.15, 0.2) is 81.9 Å². The zero-order valence-electron chi connectivity index (χ0n) is 11.2. The lowest BCUT2D eigenvalue weighted by Crippen LogP contribution is -2.05. The summed E-state index contributed by atoms with van der Waals surface area (Å²) >= 11 is 6.99. The Morgan fingerprint density at radius 1 is 0.667 bits per heavy atom. The van der Waals surface area contributed by atoms with Gasteiger partial charge in [-0.15, -0.1) is 0 Å². The van der Waals surface area contributed by atoms with Gasteiger partial charge in [-0.3, -0.25) is 4.98 Å². The second-order valence-electron chi connectivity index (χ2n) is 4.79. The molecule has 104 valence electrons. The van der Waals surface area contributed by atoms with Crippen molar-refractivity contribution in [2.75, 3.05) is 0 Å². The molecule has 3 aromatic rings. The maximum Gasteiger partial charge on any atom is 0.0522 e. The fourth-order valence-corrected chi connectivity index (χ4v) is 2.92. The molecule has 2 aromatic carbocycles. The lowest BCUT2D eigenvalue weighted by molar-refractivity contribution is 0.918. The highest BCUT2D eigenvalue weighted by atomic mass is 79.9. The summed E-state index contributed by atoms with van der Waals surface area (Å²) in [5, 5.41) is 0. The normalized spacial score (nSPS) is 10.8. The Morgan fingerprint density at radius 3 is 1.62 bits per heavy atom. The minimum atomic E-state index is 0.146. The van der Waals surface area contributed by atoms with Crippen molar-refractivity contribution in [3.63, 3.8) is 0 Å². The van der Waals surface area contributed by atoms with Crippen molar-refractivity contribution in [1.29, 1.82) is 0 Å². The van der Waals surface area contributed by atoms with Gasteiger partial charge < -0.3 is 0 Å². The minimum absolute atomic E-state index is 0.146. The molecular weight excluding hydrogens is 390 g/mol. The third-order valence-corrected chi connectivity index (χ3v) is 4.45. The van der Waals surface area contributed by atoms with E-state index in [0.717, 1.165) is 14.6 Å². The first kappa shape index (κ1) is 14.5. The number of aromatic nitrogens is 1. The Labute approximate surface area is 141 Å². The molecule has 0 amide bonds. The van der Waals surface area contributed by atoms with Crippen molar-refractivity contribution in [2.24, 2.45) is 0 Å². The average Bonchev–Trinajstić information content (AvgIpc) is 2.52. The maximum absolute atomic E-state index is 4.55. The van der Waals surface area contributed by atoms with E-state index in [0.29, 0.717) is 0 Å². The van der Waals surface area contributed by atoms with Crippen molar-refractivity contribution in [1.82, 2.24) is 4.98 Å². The van der Waals surface area contributed by atoms with Crippen LogP contribution in [0, 0.1) is 0 Å². The summed E-state index contributed by atoms with van der Waals surface area (Å²) < 4.78 is 2.17. The average molecular weight is 403 g/mol. The molecule has 1 heterocycles. The van der Waals surface area contributed by atoms with Crippen molar-refractivity contribution >= 4 is 31.9 Å². The molecule has 0 aliphatic heterocycles. The van der Waals surface area contributed by atoms with Gasteiger partial charge >= 0.3 is 0 Å². The molecule has 0 N–H and O–H groups in total. The third-order valence-electron chi connectivity index (χ3n) is 3.39. The summed E-state index contributed by atoms with van der Waals surface area (Å²) in [6, 6.07) is 22.9. The highest BCUT2D eigenvalue weighted by Gasteiger charge is 2.17. The predicted molar refractivity (Wildman–Crippen MR) is 93.5 cm³/mol. The first-order valence-electron chi connectivity index (χ1n) is 6.66. The highest BCUT2D eigenvalue weighted by Crippen LogP contribution is 2.32. The van der Waals surface area contributed by atoms with E-state index in [2.05, 4.69) is 91.4 Å². The van der Waals surface area contributed by atoms with Crippen molar-refractivity contribution in [2.45, 2.75) is 5.92 Å². The van der Waals surface area contributed by atoms with Gasteiger partial charge in [0.25, 0.3) is 0 Å². The Kier molecular flexibility index (Phi) is 4.51. The molecule has 0 unspecified atom stereocenters. The van der Waals surface area contributed by atoms with Crippen molar-refractivity contribution < 1.29 is 0 Å². The van der Waals surface area contributed by atoms with Crippen molar-refractivity contribution in [3.05, 3.63) is 98.7 Å². The summed E-state index contributed by atoms with van der Waals surface area (Å²) in [5.41, 5.74) is 3.53. The number of rotatable bonds is 3. The van der Waals surface area contributed by atoms with E-state index in [1.54, 1.807) is 0 Å². The molecular formula is C18H13Br2N. The van der Waals surface area contributed by atoms with Crippen LogP contribution in [0.3, 0.4) is 0 Å². The number of hydrogen-bond acceptors (Lipinski definition) is 1. The standard InChI is InChI=1S/C18H13Br2N/c19-15-8-4-13(5-9-15)18(17-3-1-2-12-21-17)14-6-10-16(20)11-7-14/h1-12,18H. The maximum atomic E-state index is 4.55. The molecule has 0 fully saturated rings. The SMILES string of the molecule is Brc1ccc(C(c2ccc(Br)cc2)c2ccccn2)cc1. The number of halogens is 2. The van der Waals surface area contributed by atoms with Crippen LogP contribution in [0.1, 0.15) is 22.7 Å². The van der Waals surface area contributed by atoms with Crippen LogP contribution < -0.4 is 0 Å². The largest absolute Gasteiger partial charge is 0.260 e. The van der Waals surface area contributed by atoms with E-state index in [4.69, 9.17) is 0 Å². The summed E-state index contributed by atoms with van der Waals surface area (Å²) in [7, 11) is 0. The van der Waals surface area contributed by atoms with Gasteiger partial charge in [-0.05, 0) is 47.5 Å². The van der Waals surface area contributed by atoms with Crippen LogP contribution in [0.2, 0.25) is 0 Å². The Morgan fingerprint density at radius 2 is 1.19 bits per heavy atom. The van der Waals surface area contributed by atoms with Crippen LogP contribution >= 0.6 is 31.9 Å². The van der Waals surface area contributed by atoms with Gasteiger partial charge in [0.05, 0.1) is 11.6 Å². The smallest absolute Gasteiger partial charge is 0.0522 e. The summed E-state index contributed by atoms with van der Waals surface area (Å²) in [6.45, 7) is 0. The zero-order valence-corrected chi connectivity index (χ0v) is 14.4. The molecule has 3 heteroatoms. The lowest BCUT2D eigenvalue weighted by Gasteiger charge is -2.18. The topological polar surface area (TPSA) is 12.9 Å². The fourth-order valence-electron chi connectivity index (χ4n) is 2.39. The van der Waals surface area contributed by atoms with Crippen LogP contribution in [0.25, 0.3) is 0 Å². The van der Waals surface area contributed by atoms with Gasteiger partial charge in [0, 0.05) is 15.1 Å². The first-order valence-corrected chi connectivity index (χ1v) is 8.24. The van der Waals surface area contributed by atoms with Crippen molar-refractivity contribution in [3.8, 4) is 0 Å². The van der Waals surface area contributed by atoms with Gasteiger partial charge in [0.2, 0.25) is 0 Å². The summed E-state index contributed by atoms with van der Waals surface area (Å²) in [4.78, 5) is 4.55. The van der Waals surface area contributed by atoms with Crippen LogP contribution in [0.5, 0.6) is 0 Å². The summed E-state index contributed by atoms with van der Waals surface area (Å²) in [5.74, 6) is 0.146. The molecule has 0 radical (unpaired) electrons. The molecule has 0 bridgehead atoms. The Bertz CT molecular complexity index is 661. The minimum Gasteiger partial charge on any atom is -0.260 e. The van der Waals surface area contributed by atoms with Gasteiger partial charge in [0.1, 0.15) is 0 Å². The number of nitrogens with zero attached hydrogens (tertiary/aromatic N) is 1. The van der Waals surface area contributed by atoms with E-state index in [1.165, 1.54) is 11.1 Å². The van der Waals surface area contributed by atoms with E-state index in [9.17, 15) is 0 Å². The summed E-state index contributed by atoms with van der Waals surface area (Å²) in [6.07, 6.45) is 1.85. The monoisotopic (exact) mass is 401 g/mol. The molecule has 0 atom stereocenters. The van der Waals surface area contributed by atoms with Gasteiger partial charge in [-0.25, -0.2) is 0 Å². The molecule has 1 aromatic heterocycles. The van der Waals surface area contributed by atoms with E-state index in [1.807, 2.05) is 18.3 Å². The molecule has 3 rings (SSSR count). The van der Waals surface area contributed by atoms with Crippen LogP contribution in [0.4, 0.5) is 0 Å². The Hall–Kier alpha value is -1.45. The second-order valence-corrected chi connectivity index (χ2v) is 6.62. The molecule has 0 saturated heterocycles. The first-order chi connectivity index (χ1) is 10.2. The lowest BCUT2D eigenvalue weighted by atomic mass is 9.88. The number of hydrogen-bond donors (Lipinski definition) is 0. The highest BCUT2D eigenvalue weighted by molar-refractivity contribution is 9.10. The van der Waals surface area contributed by atoms with E-state index in [-0.39, 0.29) is 5.92 Å². The zero-order chi connectivity index (χ0) is 14.7. The molecule has 1 nitrogen and oxygen atoms in total. The molecule has 0 aliphatic rings. The quantitative estimate of drug-likeness (QED) is 0.540. The second kappa shape index (κ2) is 6.54. The third kappa shape index (κ3) is 3.42. The molecule has 21 heavy (non-hydrogen) atoms. The van der Waals surface area contributed by atoms with E-state index < -0.39 is 0 Å². The van der Waals surface area contributed by atoms with Gasteiger partial charge in [0.15, 0.2) is 0 Å². The number of benzene rings is 2. The molecule has 0 saturated carbocycles. The van der Waals surface area contributed by atoms with Crippen LogP contribution in [-0.4, -0.2) is 4.98 Å². The molecule has 0 aliphatic carbocycles. The van der Waals surface area contributed by atoms with Gasteiger partial charge in [-0.2, -0.15) is 0 Å².